The molecule has 0 saturated heterocycles. The number of hydrogen-bond acceptors (Lipinski definition) is 7. The van der Waals surface area contributed by atoms with Crippen LogP contribution in [0.3, 0.4) is 0 Å². The van der Waals surface area contributed by atoms with Gasteiger partial charge in [0.15, 0.2) is 6.23 Å². The molecular weight excluding hydrogens is 577 g/mol. The summed E-state index contributed by atoms with van der Waals surface area (Å²) in [6.07, 6.45) is -0.0628. The number of halogens is 2. The fraction of sp³-hybridized carbons (Fsp3) is 0.355. The van der Waals surface area contributed by atoms with Gasteiger partial charge in [0, 0.05) is 34.1 Å². The van der Waals surface area contributed by atoms with Gasteiger partial charge in [-0.15, -0.1) is 0 Å². The molecule has 9 heteroatoms. The molecule has 0 aliphatic carbocycles. The van der Waals surface area contributed by atoms with Gasteiger partial charge in [-0.05, 0) is 75.2 Å². The summed E-state index contributed by atoms with van der Waals surface area (Å²) in [5.41, 5.74) is 0.973. The van der Waals surface area contributed by atoms with Crippen LogP contribution in [0, 0.1) is 12.7 Å². The van der Waals surface area contributed by atoms with Crippen LogP contribution in [0.25, 0.3) is 10.9 Å². The molecule has 0 saturated carbocycles. The summed E-state index contributed by atoms with van der Waals surface area (Å²) in [6.45, 7) is 6.35. The number of ether oxygens (including phenoxy) is 3. The first-order valence-electron chi connectivity index (χ1n) is 13.3. The van der Waals surface area contributed by atoms with Crippen LogP contribution < -0.4 is 14.2 Å². The average Bonchev–Trinajstić information content (AvgIpc) is 2.96. The Kier molecular flexibility index (Phi) is 7.99. The first kappa shape index (κ1) is 28.3. The van der Waals surface area contributed by atoms with E-state index in [2.05, 4.69) is 20.9 Å². The van der Waals surface area contributed by atoms with Gasteiger partial charge in [-0.25, -0.2) is 9.37 Å². The second-order valence-electron chi connectivity index (χ2n) is 10.2. The molecule has 0 radical (unpaired) electrons. The lowest BCUT2D eigenvalue weighted by Crippen LogP contribution is -2.40. The van der Waals surface area contributed by atoms with E-state index in [1.807, 2.05) is 50.1 Å². The Balaban J connectivity index is 1.85. The van der Waals surface area contributed by atoms with Crippen molar-refractivity contribution < 1.29 is 23.7 Å². The van der Waals surface area contributed by atoms with Gasteiger partial charge in [0.05, 0.1) is 25.2 Å². The number of aromatic nitrogens is 2. The van der Waals surface area contributed by atoms with E-state index in [1.54, 1.807) is 37.3 Å². The molecule has 2 aromatic carbocycles. The summed E-state index contributed by atoms with van der Waals surface area (Å²) in [6, 6.07) is 16.3. The molecule has 3 unspecified atom stereocenters. The zero-order valence-corrected chi connectivity index (χ0v) is 24.8. The van der Waals surface area contributed by atoms with Gasteiger partial charge in [0.1, 0.15) is 11.4 Å². The molecule has 0 fully saturated rings. The van der Waals surface area contributed by atoms with Gasteiger partial charge in [-0.1, -0.05) is 34.1 Å². The summed E-state index contributed by atoms with van der Waals surface area (Å²) in [5.74, 6) is -0.344. The highest BCUT2D eigenvalue weighted by atomic mass is 79.9. The highest BCUT2D eigenvalue weighted by Crippen LogP contribution is 2.49. The third kappa shape index (κ3) is 5.25. The Morgan fingerprint density at radius 1 is 1.18 bits per heavy atom. The van der Waals surface area contributed by atoms with E-state index < -0.39 is 17.3 Å². The maximum atomic E-state index is 16.1. The van der Waals surface area contributed by atoms with Crippen molar-refractivity contribution >= 4 is 26.8 Å². The van der Waals surface area contributed by atoms with Gasteiger partial charge in [-0.3, -0.25) is 4.90 Å². The smallest absolute Gasteiger partial charge is 0.218 e. The summed E-state index contributed by atoms with van der Waals surface area (Å²) in [7, 11) is 3.45. The lowest BCUT2D eigenvalue weighted by molar-refractivity contribution is -0.0114. The van der Waals surface area contributed by atoms with Gasteiger partial charge in [0.2, 0.25) is 17.6 Å². The molecule has 2 bridgehead atoms. The van der Waals surface area contributed by atoms with Crippen LogP contribution in [0.4, 0.5) is 4.39 Å². The zero-order valence-electron chi connectivity index (χ0n) is 23.2. The molecule has 2 aromatic heterocycles. The molecule has 4 aromatic rings. The molecule has 5 rings (SSSR count). The van der Waals surface area contributed by atoms with Crippen molar-refractivity contribution in [1.82, 2.24) is 14.9 Å². The minimum atomic E-state index is -1.63. The standard InChI is InChI=1S/C31H33BrFN3O4/c1-6-39-26-16-21-17-27(35-26)40-19(3)36(4)13-12-31(21,37)28(23-9-7-8-18(2)29(23)33)24-15-20-14-22(32)10-11-25(20)34-30(24)38-5/h7-11,14-17,19,28,37H,6,12-13H2,1-5H3. The molecule has 1 N–H and O–H groups in total. The third-order valence-corrected chi connectivity index (χ3v) is 8.11. The van der Waals surface area contributed by atoms with E-state index in [4.69, 9.17) is 19.2 Å². The Hall–Kier alpha value is -3.27. The Morgan fingerprint density at radius 3 is 2.73 bits per heavy atom. The third-order valence-electron chi connectivity index (χ3n) is 7.61. The first-order chi connectivity index (χ1) is 19.1. The number of benzene rings is 2. The molecule has 210 valence electrons. The number of pyridine rings is 2. The van der Waals surface area contributed by atoms with E-state index in [1.165, 1.54) is 7.11 Å². The summed E-state index contributed by atoms with van der Waals surface area (Å²) < 4.78 is 34.7. The van der Waals surface area contributed by atoms with Crippen LogP contribution in [-0.2, 0) is 5.60 Å². The quantitative estimate of drug-likeness (QED) is 0.274. The number of aryl methyl sites for hydroxylation is 1. The normalized spacial score (nSPS) is 20.2. The maximum absolute atomic E-state index is 16.1. The second kappa shape index (κ2) is 11.3. The largest absolute Gasteiger partial charge is 0.481 e. The fourth-order valence-electron chi connectivity index (χ4n) is 5.35. The van der Waals surface area contributed by atoms with Crippen LogP contribution in [0.2, 0.25) is 0 Å². The van der Waals surface area contributed by atoms with E-state index in [0.717, 1.165) is 15.4 Å². The van der Waals surface area contributed by atoms with Crippen molar-refractivity contribution in [2.24, 2.45) is 0 Å². The molecule has 1 aliphatic heterocycles. The monoisotopic (exact) mass is 609 g/mol. The van der Waals surface area contributed by atoms with Crippen LogP contribution in [0.5, 0.6) is 17.6 Å². The molecule has 40 heavy (non-hydrogen) atoms. The van der Waals surface area contributed by atoms with Crippen molar-refractivity contribution in [2.75, 3.05) is 27.3 Å². The zero-order chi connectivity index (χ0) is 28.6. The van der Waals surface area contributed by atoms with Crippen molar-refractivity contribution in [2.45, 2.75) is 44.9 Å². The minimum Gasteiger partial charge on any atom is -0.481 e. The molecule has 7 nitrogen and oxygen atoms in total. The molecular formula is C31H33BrFN3O4. The van der Waals surface area contributed by atoms with E-state index in [0.29, 0.717) is 53.0 Å². The van der Waals surface area contributed by atoms with Crippen molar-refractivity contribution in [3.63, 3.8) is 0 Å². The molecule has 0 spiro atoms. The van der Waals surface area contributed by atoms with Crippen LogP contribution in [-0.4, -0.2) is 53.5 Å². The van der Waals surface area contributed by atoms with E-state index in [-0.39, 0.29) is 12.6 Å². The summed E-state index contributed by atoms with van der Waals surface area (Å²) >= 11 is 3.55. The number of methoxy groups -OCH3 is 1. The Bertz CT molecular complexity index is 1550. The Labute approximate surface area is 242 Å². The first-order valence-corrected chi connectivity index (χ1v) is 14.1. The molecule has 3 atom stereocenters. The van der Waals surface area contributed by atoms with Crippen molar-refractivity contribution in [3.05, 3.63) is 87.1 Å². The molecule has 3 heterocycles. The average molecular weight is 611 g/mol. The van der Waals surface area contributed by atoms with E-state index in [9.17, 15) is 5.11 Å². The van der Waals surface area contributed by atoms with Crippen LogP contribution >= 0.6 is 15.9 Å². The number of rotatable bonds is 6. The maximum Gasteiger partial charge on any atom is 0.218 e. The predicted molar refractivity (Wildman–Crippen MR) is 156 cm³/mol. The van der Waals surface area contributed by atoms with Crippen molar-refractivity contribution in [3.8, 4) is 17.6 Å². The van der Waals surface area contributed by atoms with Gasteiger partial charge < -0.3 is 19.3 Å². The van der Waals surface area contributed by atoms with Gasteiger partial charge in [-0.2, -0.15) is 4.98 Å². The van der Waals surface area contributed by atoms with Crippen molar-refractivity contribution in [1.29, 1.82) is 0 Å². The SMILES string of the molecule is CCOc1cc2cc(n1)OC(C)N(C)CCC2(O)C(c1cc2cc(Br)ccc2nc1OC)c1cccc(C)c1F. The molecule has 1 aliphatic rings. The summed E-state index contributed by atoms with van der Waals surface area (Å²) in [5, 5.41) is 13.8. The second-order valence-corrected chi connectivity index (χ2v) is 11.1. The fourth-order valence-corrected chi connectivity index (χ4v) is 5.73. The number of nitrogens with zero attached hydrogens (tertiary/aromatic N) is 3. The van der Waals surface area contributed by atoms with Gasteiger partial charge >= 0.3 is 0 Å². The molecule has 0 amide bonds. The summed E-state index contributed by atoms with van der Waals surface area (Å²) in [4.78, 5) is 11.3. The number of hydrogen-bond donors (Lipinski definition) is 1. The minimum absolute atomic E-state index is 0.254. The highest BCUT2D eigenvalue weighted by Gasteiger charge is 2.45. The van der Waals surface area contributed by atoms with Crippen LogP contribution in [0.15, 0.2) is 59.1 Å². The van der Waals surface area contributed by atoms with Gasteiger partial charge in [0.25, 0.3) is 0 Å². The van der Waals surface area contributed by atoms with Crippen LogP contribution in [0.1, 0.15) is 48.4 Å². The number of fused-ring (bicyclic) bond motifs is 3. The highest BCUT2D eigenvalue weighted by molar-refractivity contribution is 9.10. The lowest BCUT2D eigenvalue weighted by Gasteiger charge is -2.39. The predicted octanol–water partition coefficient (Wildman–Crippen LogP) is 6.33. The Morgan fingerprint density at radius 2 is 1.98 bits per heavy atom. The topological polar surface area (TPSA) is 76.9 Å². The lowest BCUT2D eigenvalue weighted by atomic mass is 9.71. The van der Waals surface area contributed by atoms with E-state index >= 15 is 4.39 Å². The number of aliphatic hydroxyl groups is 1.